The van der Waals surface area contributed by atoms with E-state index in [9.17, 15) is 4.79 Å². The summed E-state index contributed by atoms with van der Waals surface area (Å²) in [4.78, 5) is 14.5. The third-order valence-electron chi connectivity index (χ3n) is 3.78. The van der Waals surface area contributed by atoms with Crippen LogP contribution in [0.4, 0.5) is 0 Å². The number of amides is 1. The minimum absolute atomic E-state index is 0. The van der Waals surface area contributed by atoms with Gasteiger partial charge >= 0.3 is 0 Å². The van der Waals surface area contributed by atoms with Crippen molar-refractivity contribution >= 4 is 34.2 Å². The van der Waals surface area contributed by atoms with Crippen LogP contribution < -0.4 is 15.4 Å². The number of hydrogen-bond donors (Lipinski definition) is 2. The van der Waals surface area contributed by atoms with Gasteiger partial charge in [0, 0.05) is 42.8 Å². The average molecular weight is 407 g/mol. The Morgan fingerprint density at radius 2 is 2.13 bits per heavy atom. The number of rotatable bonds is 7. The first kappa shape index (κ1) is 20.2. The number of nitrogens with zero attached hydrogens (tertiary/aromatic N) is 1. The Balaban J connectivity index is 0.00000264. The largest absolute Gasteiger partial charge is 0.496 e. The fraction of sp³-hybridized carbons (Fsp3) is 0.562. The van der Waals surface area contributed by atoms with E-state index in [0.717, 1.165) is 61.5 Å². The topological polar surface area (TPSA) is 53.6 Å². The van der Waals surface area contributed by atoms with Crippen LogP contribution in [-0.4, -0.2) is 57.2 Å². The maximum Gasteiger partial charge on any atom is 0.224 e. The van der Waals surface area contributed by atoms with Crippen molar-refractivity contribution in [1.82, 2.24) is 15.5 Å². The normalized spacial score (nSPS) is 14.9. The van der Waals surface area contributed by atoms with Crippen molar-refractivity contribution < 1.29 is 9.53 Å². The van der Waals surface area contributed by atoms with Gasteiger partial charge in [0.15, 0.2) is 0 Å². The highest BCUT2D eigenvalue weighted by molar-refractivity contribution is 9.10. The molecule has 0 saturated carbocycles. The van der Waals surface area contributed by atoms with Gasteiger partial charge in [-0.15, -0.1) is 12.4 Å². The number of benzene rings is 1. The Morgan fingerprint density at radius 1 is 1.39 bits per heavy atom. The number of carbonyl (C=O) groups is 1. The first-order valence-corrected chi connectivity index (χ1v) is 8.50. The number of ether oxygens (including phenoxy) is 1. The number of methoxy groups -OCH3 is 1. The lowest BCUT2D eigenvalue weighted by molar-refractivity contribution is -0.120. The van der Waals surface area contributed by atoms with Gasteiger partial charge < -0.3 is 20.3 Å². The van der Waals surface area contributed by atoms with Crippen molar-refractivity contribution in [2.45, 2.75) is 12.8 Å². The van der Waals surface area contributed by atoms with E-state index in [1.807, 2.05) is 18.2 Å². The van der Waals surface area contributed by atoms with E-state index in [2.05, 4.69) is 31.5 Å². The molecule has 1 saturated heterocycles. The van der Waals surface area contributed by atoms with Crippen molar-refractivity contribution in [1.29, 1.82) is 0 Å². The van der Waals surface area contributed by atoms with Gasteiger partial charge in [0.05, 0.1) is 13.5 Å². The minimum Gasteiger partial charge on any atom is -0.496 e. The van der Waals surface area contributed by atoms with Crippen LogP contribution in [-0.2, 0) is 11.2 Å². The Hall–Kier alpha value is -0.820. The molecule has 5 nitrogen and oxygen atoms in total. The quantitative estimate of drug-likeness (QED) is 0.679. The Labute approximate surface area is 152 Å². The zero-order valence-corrected chi connectivity index (χ0v) is 15.8. The molecule has 0 aliphatic carbocycles. The van der Waals surface area contributed by atoms with Gasteiger partial charge in [0.25, 0.3) is 0 Å². The summed E-state index contributed by atoms with van der Waals surface area (Å²) in [7, 11) is 1.62. The lowest BCUT2D eigenvalue weighted by Gasteiger charge is -2.27. The predicted octanol–water partition coefficient (Wildman–Crippen LogP) is 1.83. The molecule has 1 aromatic rings. The molecular formula is C16H25BrClN3O2. The summed E-state index contributed by atoms with van der Waals surface area (Å²) in [6.45, 7) is 6.09. The molecule has 0 bridgehead atoms. The molecule has 1 heterocycles. The van der Waals surface area contributed by atoms with Gasteiger partial charge in [-0.2, -0.15) is 0 Å². The maximum absolute atomic E-state index is 12.0. The van der Waals surface area contributed by atoms with Crippen molar-refractivity contribution in [3.8, 4) is 5.75 Å². The summed E-state index contributed by atoms with van der Waals surface area (Å²) >= 11 is 3.43. The molecule has 0 aromatic heterocycles. The van der Waals surface area contributed by atoms with Crippen molar-refractivity contribution in [3.63, 3.8) is 0 Å². The SMILES string of the molecule is COc1ccc(Br)cc1CC(=O)NCCCN1CCNCC1.Cl. The average Bonchev–Trinajstić information content (AvgIpc) is 2.53. The molecule has 7 heteroatoms. The van der Waals surface area contributed by atoms with Gasteiger partial charge in [0.2, 0.25) is 5.91 Å². The van der Waals surface area contributed by atoms with Gasteiger partial charge in [-0.05, 0) is 31.2 Å². The monoisotopic (exact) mass is 405 g/mol. The number of piperazine rings is 1. The summed E-state index contributed by atoms with van der Waals surface area (Å²) in [5.41, 5.74) is 0.900. The predicted molar refractivity (Wildman–Crippen MR) is 98.6 cm³/mol. The van der Waals surface area contributed by atoms with Gasteiger partial charge in [-0.3, -0.25) is 4.79 Å². The summed E-state index contributed by atoms with van der Waals surface area (Å²) in [5.74, 6) is 0.788. The number of nitrogens with one attached hydrogen (secondary N) is 2. The Kier molecular flexibility index (Phi) is 9.55. The van der Waals surface area contributed by atoms with E-state index in [1.165, 1.54) is 0 Å². The lowest BCUT2D eigenvalue weighted by atomic mass is 10.1. The molecule has 0 radical (unpaired) electrons. The molecule has 0 atom stereocenters. The van der Waals surface area contributed by atoms with Crippen LogP contribution in [0, 0.1) is 0 Å². The molecule has 0 spiro atoms. The van der Waals surface area contributed by atoms with E-state index < -0.39 is 0 Å². The first-order chi connectivity index (χ1) is 10.7. The molecule has 2 N–H and O–H groups in total. The van der Waals surface area contributed by atoms with Crippen LogP contribution in [0.25, 0.3) is 0 Å². The number of hydrogen-bond acceptors (Lipinski definition) is 4. The summed E-state index contributed by atoms with van der Waals surface area (Å²) in [6, 6.07) is 5.71. The van der Waals surface area contributed by atoms with Gasteiger partial charge in [-0.25, -0.2) is 0 Å². The fourth-order valence-corrected chi connectivity index (χ4v) is 2.99. The zero-order chi connectivity index (χ0) is 15.8. The van der Waals surface area contributed by atoms with Crippen LogP contribution in [0.5, 0.6) is 5.75 Å². The Morgan fingerprint density at radius 3 is 2.83 bits per heavy atom. The van der Waals surface area contributed by atoms with Crippen LogP contribution in [0.1, 0.15) is 12.0 Å². The van der Waals surface area contributed by atoms with Crippen LogP contribution in [0.3, 0.4) is 0 Å². The second-order valence-corrected chi connectivity index (χ2v) is 6.34. The fourth-order valence-electron chi connectivity index (χ4n) is 2.59. The molecule has 1 fully saturated rings. The standard InChI is InChI=1S/C16H24BrN3O2.ClH/c1-22-15-4-3-14(17)11-13(15)12-16(21)19-5-2-8-20-9-6-18-7-10-20;/h3-4,11,18H,2,5-10,12H2,1H3,(H,19,21);1H. The van der Waals surface area contributed by atoms with Crippen molar-refractivity contribution in [2.24, 2.45) is 0 Å². The number of carbonyl (C=O) groups excluding carboxylic acids is 1. The first-order valence-electron chi connectivity index (χ1n) is 7.71. The molecule has 1 aliphatic rings. The lowest BCUT2D eigenvalue weighted by Crippen LogP contribution is -2.44. The summed E-state index contributed by atoms with van der Waals surface area (Å²) < 4.78 is 6.25. The van der Waals surface area contributed by atoms with E-state index in [4.69, 9.17) is 4.74 Å². The van der Waals surface area contributed by atoms with Crippen LogP contribution in [0.15, 0.2) is 22.7 Å². The van der Waals surface area contributed by atoms with Crippen molar-refractivity contribution in [2.75, 3.05) is 46.4 Å². The van der Waals surface area contributed by atoms with E-state index in [-0.39, 0.29) is 18.3 Å². The van der Waals surface area contributed by atoms with Gasteiger partial charge in [-0.1, -0.05) is 15.9 Å². The molecule has 1 aliphatic heterocycles. The highest BCUT2D eigenvalue weighted by Crippen LogP contribution is 2.23. The number of halogens is 2. The zero-order valence-electron chi connectivity index (χ0n) is 13.4. The molecule has 2 rings (SSSR count). The smallest absolute Gasteiger partial charge is 0.224 e. The molecule has 1 amide bonds. The summed E-state index contributed by atoms with van der Waals surface area (Å²) in [6.07, 6.45) is 1.33. The third-order valence-corrected chi connectivity index (χ3v) is 4.27. The highest BCUT2D eigenvalue weighted by Gasteiger charge is 2.11. The second-order valence-electron chi connectivity index (χ2n) is 5.43. The third kappa shape index (κ3) is 7.08. The van der Waals surface area contributed by atoms with Crippen LogP contribution in [0.2, 0.25) is 0 Å². The van der Waals surface area contributed by atoms with Crippen molar-refractivity contribution in [3.05, 3.63) is 28.2 Å². The van der Waals surface area contributed by atoms with E-state index in [1.54, 1.807) is 7.11 Å². The van der Waals surface area contributed by atoms with E-state index >= 15 is 0 Å². The Bertz CT molecular complexity index is 496. The molecule has 130 valence electrons. The van der Waals surface area contributed by atoms with Gasteiger partial charge in [0.1, 0.15) is 5.75 Å². The second kappa shape index (κ2) is 10.9. The minimum atomic E-state index is 0. The maximum atomic E-state index is 12.0. The summed E-state index contributed by atoms with van der Waals surface area (Å²) in [5, 5.41) is 6.33. The molecule has 0 unspecified atom stereocenters. The molecule has 23 heavy (non-hydrogen) atoms. The molecule has 1 aromatic carbocycles. The van der Waals surface area contributed by atoms with E-state index in [0.29, 0.717) is 6.42 Å². The van der Waals surface area contributed by atoms with Crippen LogP contribution >= 0.6 is 28.3 Å². The highest BCUT2D eigenvalue weighted by atomic mass is 79.9. The molecular weight excluding hydrogens is 382 g/mol.